The summed E-state index contributed by atoms with van der Waals surface area (Å²) in [6.07, 6.45) is 0.985. The number of rotatable bonds is 7. The normalized spacial score (nSPS) is 15.5. The van der Waals surface area contributed by atoms with E-state index in [0.29, 0.717) is 30.9 Å². The molecule has 4 rings (SSSR count). The fourth-order valence-corrected chi connectivity index (χ4v) is 4.58. The quantitative estimate of drug-likeness (QED) is 0.521. The molecule has 182 valence electrons. The molecular weight excluding hydrogens is 444 g/mol. The first kappa shape index (κ1) is 24.1. The van der Waals surface area contributed by atoms with Crippen molar-refractivity contribution in [2.24, 2.45) is 0 Å². The second kappa shape index (κ2) is 11.0. The van der Waals surface area contributed by atoms with Crippen LogP contribution in [-0.4, -0.2) is 50.8 Å². The molecule has 3 aromatic carbocycles. The van der Waals surface area contributed by atoms with Crippen molar-refractivity contribution in [2.75, 3.05) is 27.9 Å². The van der Waals surface area contributed by atoms with Crippen LogP contribution in [0.15, 0.2) is 72.8 Å². The van der Waals surface area contributed by atoms with Crippen molar-refractivity contribution in [3.8, 4) is 11.5 Å². The van der Waals surface area contributed by atoms with Gasteiger partial charge in [0.15, 0.2) is 11.5 Å². The molecule has 1 aliphatic rings. The molecule has 0 radical (unpaired) electrons. The smallest absolute Gasteiger partial charge is 0.328 e. The molecule has 7 heteroatoms. The minimum Gasteiger partial charge on any atom is -0.493 e. The summed E-state index contributed by atoms with van der Waals surface area (Å²) in [4.78, 5) is 28.0. The molecule has 0 fully saturated rings. The lowest BCUT2D eigenvalue weighted by molar-refractivity contribution is -0.142. The number of esters is 1. The summed E-state index contributed by atoms with van der Waals surface area (Å²) in [5, 5.41) is 2.92. The van der Waals surface area contributed by atoms with Crippen LogP contribution in [0.1, 0.15) is 28.3 Å². The number of carbonyl (C=O) groups is 2. The van der Waals surface area contributed by atoms with Crippen molar-refractivity contribution in [1.29, 1.82) is 0 Å². The SMILES string of the molecule is COC(=O)[C@H](Cc1ccccc1)NC(=O)N1CCc2cc(OC)c(OC)cc2[C@@H]1c1ccccc1. The Bertz CT molecular complexity index is 1170. The highest BCUT2D eigenvalue weighted by atomic mass is 16.5. The first-order chi connectivity index (χ1) is 17.0. The lowest BCUT2D eigenvalue weighted by Gasteiger charge is -2.38. The number of hydrogen-bond acceptors (Lipinski definition) is 5. The number of ether oxygens (including phenoxy) is 3. The van der Waals surface area contributed by atoms with Crippen LogP contribution in [0.2, 0.25) is 0 Å². The van der Waals surface area contributed by atoms with Crippen LogP contribution in [0, 0.1) is 0 Å². The van der Waals surface area contributed by atoms with Gasteiger partial charge in [-0.3, -0.25) is 0 Å². The van der Waals surface area contributed by atoms with E-state index in [1.807, 2.05) is 72.8 Å². The molecule has 3 aromatic rings. The molecule has 0 saturated carbocycles. The summed E-state index contributed by atoms with van der Waals surface area (Å²) < 4.78 is 16.0. The van der Waals surface area contributed by atoms with Gasteiger partial charge in [-0.15, -0.1) is 0 Å². The predicted molar refractivity (Wildman–Crippen MR) is 133 cm³/mol. The van der Waals surface area contributed by atoms with Gasteiger partial charge < -0.3 is 24.4 Å². The molecule has 0 unspecified atom stereocenters. The maximum absolute atomic E-state index is 13.6. The number of nitrogens with zero attached hydrogens (tertiary/aromatic N) is 1. The molecule has 1 heterocycles. The Morgan fingerprint density at radius 1 is 0.943 bits per heavy atom. The maximum atomic E-state index is 13.6. The summed E-state index contributed by atoms with van der Waals surface area (Å²) in [6.45, 7) is 0.479. The van der Waals surface area contributed by atoms with Crippen LogP contribution < -0.4 is 14.8 Å². The zero-order valence-electron chi connectivity index (χ0n) is 20.2. The van der Waals surface area contributed by atoms with Gasteiger partial charge in [0.2, 0.25) is 0 Å². The molecule has 0 spiro atoms. The Balaban J connectivity index is 1.68. The molecule has 0 aromatic heterocycles. The Hall–Kier alpha value is -4.00. The average molecular weight is 475 g/mol. The van der Waals surface area contributed by atoms with Crippen molar-refractivity contribution in [3.63, 3.8) is 0 Å². The summed E-state index contributed by atoms with van der Waals surface area (Å²) in [6, 6.07) is 21.8. The van der Waals surface area contributed by atoms with Crippen molar-refractivity contribution < 1.29 is 23.8 Å². The van der Waals surface area contributed by atoms with Crippen LogP contribution in [0.3, 0.4) is 0 Å². The standard InChI is InChI=1S/C28H30N2O5/c1-33-24-17-21-14-15-30(26(20-12-8-5-9-13-20)22(21)18-25(24)34-2)28(32)29-23(27(31)35-3)16-19-10-6-4-7-11-19/h4-13,17-18,23,26H,14-16H2,1-3H3,(H,29,32)/t23-,26-/m0/s1. The van der Waals surface area contributed by atoms with Gasteiger partial charge in [-0.05, 0) is 40.8 Å². The topological polar surface area (TPSA) is 77.1 Å². The molecule has 0 saturated heterocycles. The van der Waals surface area contributed by atoms with E-state index in [1.165, 1.54) is 7.11 Å². The lowest BCUT2D eigenvalue weighted by atomic mass is 9.88. The molecule has 0 aliphatic carbocycles. The Morgan fingerprint density at radius 3 is 2.20 bits per heavy atom. The summed E-state index contributed by atoms with van der Waals surface area (Å²) >= 11 is 0. The van der Waals surface area contributed by atoms with Gasteiger partial charge in [-0.25, -0.2) is 9.59 Å². The second-order valence-electron chi connectivity index (χ2n) is 8.38. The minimum atomic E-state index is -0.807. The first-order valence-corrected chi connectivity index (χ1v) is 11.5. The van der Waals surface area contributed by atoms with Crippen LogP contribution in [0.5, 0.6) is 11.5 Å². The van der Waals surface area contributed by atoms with Gasteiger partial charge >= 0.3 is 12.0 Å². The Morgan fingerprint density at radius 2 is 1.57 bits per heavy atom. The highest BCUT2D eigenvalue weighted by Crippen LogP contribution is 2.41. The number of carbonyl (C=O) groups excluding carboxylic acids is 2. The molecule has 35 heavy (non-hydrogen) atoms. The highest BCUT2D eigenvalue weighted by Gasteiger charge is 2.35. The van der Waals surface area contributed by atoms with Crippen LogP contribution in [0.4, 0.5) is 4.79 Å². The van der Waals surface area contributed by atoms with Gasteiger partial charge in [0.25, 0.3) is 0 Å². The molecule has 0 bridgehead atoms. The van der Waals surface area contributed by atoms with Crippen molar-refractivity contribution in [3.05, 3.63) is 95.1 Å². The maximum Gasteiger partial charge on any atom is 0.328 e. The molecule has 2 atom stereocenters. The van der Waals surface area contributed by atoms with E-state index >= 15 is 0 Å². The van der Waals surface area contributed by atoms with Crippen molar-refractivity contribution >= 4 is 12.0 Å². The molecule has 1 N–H and O–H groups in total. The Kier molecular flexibility index (Phi) is 7.55. The van der Waals surface area contributed by atoms with E-state index in [2.05, 4.69) is 5.32 Å². The Labute approximate surface area is 205 Å². The van der Waals surface area contributed by atoms with E-state index in [0.717, 1.165) is 22.3 Å². The summed E-state index contributed by atoms with van der Waals surface area (Å²) in [5.74, 6) is 0.776. The fourth-order valence-electron chi connectivity index (χ4n) is 4.58. The van der Waals surface area contributed by atoms with Gasteiger partial charge in [0.05, 0.1) is 27.4 Å². The number of urea groups is 1. The van der Waals surface area contributed by atoms with Crippen LogP contribution in [-0.2, 0) is 22.4 Å². The van der Waals surface area contributed by atoms with Gasteiger partial charge in [0, 0.05) is 13.0 Å². The highest BCUT2D eigenvalue weighted by molar-refractivity contribution is 5.84. The summed E-state index contributed by atoms with van der Waals surface area (Å²) in [7, 11) is 4.54. The average Bonchev–Trinajstić information content (AvgIpc) is 2.91. The number of benzene rings is 3. The summed E-state index contributed by atoms with van der Waals surface area (Å²) in [5.41, 5.74) is 3.96. The molecule has 7 nitrogen and oxygen atoms in total. The van der Waals surface area contributed by atoms with Crippen LogP contribution >= 0.6 is 0 Å². The third-order valence-electron chi connectivity index (χ3n) is 6.32. The minimum absolute atomic E-state index is 0.328. The predicted octanol–water partition coefficient (Wildman–Crippen LogP) is 4.15. The number of fused-ring (bicyclic) bond motifs is 1. The third-order valence-corrected chi connectivity index (χ3v) is 6.32. The van der Waals surface area contributed by atoms with E-state index in [-0.39, 0.29) is 12.1 Å². The zero-order chi connectivity index (χ0) is 24.8. The number of hydrogen-bond donors (Lipinski definition) is 1. The molecular formula is C28H30N2O5. The van der Waals surface area contributed by atoms with E-state index < -0.39 is 12.0 Å². The number of nitrogens with one attached hydrogen (secondary N) is 1. The zero-order valence-corrected chi connectivity index (χ0v) is 20.2. The van der Waals surface area contributed by atoms with Gasteiger partial charge in [0.1, 0.15) is 6.04 Å². The fraction of sp³-hybridized carbons (Fsp3) is 0.286. The third kappa shape index (κ3) is 5.24. The molecule has 2 amide bonds. The van der Waals surface area contributed by atoms with Crippen LogP contribution in [0.25, 0.3) is 0 Å². The van der Waals surface area contributed by atoms with Gasteiger partial charge in [-0.2, -0.15) is 0 Å². The number of methoxy groups -OCH3 is 3. The first-order valence-electron chi connectivity index (χ1n) is 11.5. The second-order valence-corrected chi connectivity index (χ2v) is 8.38. The van der Waals surface area contributed by atoms with E-state index in [1.54, 1.807) is 19.1 Å². The van der Waals surface area contributed by atoms with E-state index in [9.17, 15) is 9.59 Å². The molecule has 1 aliphatic heterocycles. The largest absolute Gasteiger partial charge is 0.493 e. The number of amides is 2. The van der Waals surface area contributed by atoms with Gasteiger partial charge in [-0.1, -0.05) is 60.7 Å². The van der Waals surface area contributed by atoms with Crippen molar-refractivity contribution in [1.82, 2.24) is 10.2 Å². The van der Waals surface area contributed by atoms with Crippen molar-refractivity contribution in [2.45, 2.75) is 24.9 Å². The monoisotopic (exact) mass is 474 g/mol. The van der Waals surface area contributed by atoms with E-state index in [4.69, 9.17) is 14.2 Å². The lowest BCUT2D eigenvalue weighted by Crippen LogP contribution is -2.52.